The number of ketones is 1. The summed E-state index contributed by atoms with van der Waals surface area (Å²) < 4.78 is 58.1. The van der Waals surface area contributed by atoms with Crippen LogP contribution in [-0.2, 0) is 9.53 Å². The maximum atomic E-state index is 13.4. The van der Waals surface area contributed by atoms with Crippen LogP contribution in [0.4, 0.5) is 17.6 Å². The summed E-state index contributed by atoms with van der Waals surface area (Å²) >= 11 is 0. The number of alkyl halides is 3. The Morgan fingerprint density at radius 1 is 1.21 bits per heavy atom. The minimum absolute atomic E-state index is 0.0144. The molecule has 0 saturated carbocycles. The third-order valence-electron chi connectivity index (χ3n) is 3.90. The van der Waals surface area contributed by atoms with Crippen molar-refractivity contribution in [3.63, 3.8) is 0 Å². The molecule has 3 nitrogen and oxygen atoms in total. The highest BCUT2D eigenvalue weighted by molar-refractivity contribution is 5.96. The lowest BCUT2D eigenvalue weighted by molar-refractivity contribution is -0.219. The Morgan fingerprint density at radius 3 is 2.33 bits per heavy atom. The van der Waals surface area contributed by atoms with E-state index in [1.807, 2.05) is 0 Å². The normalized spacial score (nSPS) is 14.1. The minimum Gasteiger partial charge on any atom is -0.466 e. The number of hydrogen-bond donors (Lipinski definition) is 0. The molecule has 0 aliphatic rings. The van der Waals surface area contributed by atoms with Gasteiger partial charge in [-0.3, -0.25) is 9.59 Å². The first kappa shape index (κ1) is 20.1. The summed E-state index contributed by atoms with van der Waals surface area (Å²) in [5.74, 6) is -2.02. The SMILES string of the molecule is CCOC(=O)CCC(C)(CC(=O)c1ccc(F)c(C)c1)C(F)(F)F. The number of ether oxygens (including phenoxy) is 1. The minimum atomic E-state index is -4.66. The van der Waals surface area contributed by atoms with Crippen LogP contribution >= 0.6 is 0 Å². The van der Waals surface area contributed by atoms with Gasteiger partial charge in [0, 0.05) is 18.4 Å². The third-order valence-corrected chi connectivity index (χ3v) is 3.90. The third kappa shape index (κ3) is 5.04. The van der Waals surface area contributed by atoms with Gasteiger partial charge in [-0.2, -0.15) is 13.2 Å². The van der Waals surface area contributed by atoms with Crippen LogP contribution in [0.3, 0.4) is 0 Å². The van der Waals surface area contributed by atoms with Gasteiger partial charge >= 0.3 is 12.1 Å². The summed E-state index contributed by atoms with van der Waals surface area (Å²) in [6, 6.07) is 3.43. The van der Waals surface area contributed by atoms with Crippen molar-refractivity contribution < 1.29 is 31.9 Å². The average Bonchev–Trinajstić information content (AvgIpc) is 2.47. The average molecular weight is 348 g/mol. The zero-order chi connectivity index (χ0) is 18.5. The molecule has 1 atom stereocenters. The van der Waals surface area contributed by atoms with Crippen LogP contribution in [0.1, 0.15) is 49.0 Å². The highest BCUT2D eigenvalue weighted by Gasteiger charge is 2.51. The van der Waals surface area contributed by atoms with Crippen LogP contribution in [0.25, 0.3) is 0 Å². The molecular formula is C17H20F4O3. The number of carbonyl (C=O) groups excluding carboxylic acids is 2. The van der Waals surface area contributed by atoms with Gasteiger partial charge in [-0.1, -0.05) is 6.92 Å². The summed E-state index contributed by atoms with van der Waals surface area (Å²) in [5.41, 5.74) is -2.17. The molecule has 0 radical (unpaired) electrons. The lowest BCUT2D eigenvalue weighted by Crippen LogP contribution is -2.38. The van der Waals surface area contributed by atoms with Crippen molar-refractivity contribution in [1.82, 2.24) is 0 Å². The van der Waals surface area contributed by atoms with E-state index in [0.717, 1.165) is 19.1 Å². The molecular weight excluding hydrogens is 328 g/mol. The van der Waals surface area contributed by atoms with Crippen LogP contribution in [0.5, 0.6) is 0 Å². The number of Topliss-reactive ketones (excluding diaryl/α,β-unsaturated/α-hetero) is 1. The van der Waals surface area contributed by atoms with Gasteiger partial charge in [-0.15, -0.1) is 0 Å². The molecule has 1 rings (SSSR count). The molecule has 0 spiro atoms. The molecule has 24 heavy (non-hydrogen) atoms. The lowest BCUT2D eigenvalue weighted by Gasteiger charge is -2.31. The molecule has 134 valence electrons. The number of halogens is 4. The number of rotatable bonds is 7. The maximum Gasteiger partial charge on any atom is 0.394 e. The smallest absolute Gasteiger partial charge is 0.394 e. The number of benzene rings is 1. The highest BCUT2D eigenvalue weighted by Crippen LogP contribution is 2.45. The molecule has 0 N–H and O–H groups in total. The summed E-state index contributed by atoms with van der Waals surface area (Å²) in [7, 11) is 0. The van der Waals surface area contributed by atoms with Gasteiger partial charge in [0.2, 0.25) is 0 Å². The number of hydrogen-bond acceptors (Lipinski definition) is 3. The van der Waals surface area contributed by atoms with Crippen molar-refractivity contribution >= 4 is 11.8 Å². The molecule has 1 aromatic rings. The van der Waals surface area contributed by atoms with Gasteiger partial charge in [0.05, 0.1) is 12.0 Å². The first-order valence-corrected chi connectivity index (χ1v) is 7.52. The molecule has 0 heterocycles. The van der Waals surface area contributed by atoms with E-state index in [1.165, 1.54) is 13.0 Å². The lowest BCUT2D eigenvalue weighted by atomic mass is 9.78. The fourth-order valence-corrected chi connectivity index (χ4v) is 2.22. The predicted molar refractivity (Wildman–Crippen MR) is 80.1 cm³/mol. The maximum absolute atomic E-state index is 13.4. The van der Waals surface area contributed by atoms with Crippen LogP contribution in [-0.4, -0.2) is 24.5 Å². The second-order valence-electron chi connectivity index (χ2n) is 5.93. The molecule has 0 fully saturated rings. The van der Waals surface area contributed by atoms with Crippen LogP contribution < -0.4 is 0 Å². The summed E-state index contributed by atoms with van der Waals surface area (Å²) in [6.07, 6.45) is -6.47. The molecule has 0 aliphatic heterocycles. The van der Waals surface area contributed by atoms with E-state index in [1.54, 1.807) is 6.92 Å². The Kier molecular flexibility index (Phi) is 6.51. The Hall–Kier alpha value is -1.92. The van der Waals surface area contributed by atoms with E-state index < -0.39 is 48.4 Å². The van der Waals surface area contributed by atoms with Gasteiger partial charge in [-0.05, 0) is 44.0 Å². The zero-order valence-electron chi connectivity index (χ0n) is 13.8. The topological polar surface area (TPSA) is 43.4 Å². The van der Waals surface area contributed by atoms with Gasteiger partial charge in [0.15, 0.2) is 5.78 Å². The Bertz CT molecular complexity index is 610. The highest BCUT2D eigenvalue weighted by atomic mass is 19.4. The van der Waals surface area contributed by atoms with Crippen molar-refractivity contribution in [2.45, 2.75) is 46.2 Å². The van der Waals surface area contributed by atoms with Crippen molar-refractivity contribution in [1.29, 1.82) is 0 Å². The zero-order valence-corrected chi connectivity index (χ0v) is 13.8. The van der Waals surface area contributed by atoms with Gasteiger partial charge in [0.25, 0.3) is 0 Å². The fraction of sp³-hybridized carbons (Fsp3) is 0.529. The molecule has 0 aliphatic carbocycles. The van der Waals surface area contributed by atoms with Gasteiger partial charge in [0.1, 0.15) is 5.82 Å². The van der Waals surface area contributed by atoms with Crippen LogP contribution in [0.15, 0.2) is 18.2 Å². The Balaban J connectivity index is 2.94. The van der Waals surface area contributed by atoms with Crippen molar-refractivity contribution in [2.75, 3.05) is 6.61 Å². The largest absolute Gasteiger partial charge is 0.466 e. The second-order valence-corrected chi connectivity index (χ2v) is 5.93. The van der Waals surface area contributed by atoms with Gasteiger partial charge < -0.3 is 4.74 Å². The van der Waals surface area contributed by atoms with Crippen molar-refractivity contribution in [2.24, 2.45) is 5.41 Å². The van der Waals surface area contributed by atoms with E-state index >= 15 is 0 Å². The quantitative estimate of drug-likeness (QED) is 0.410. The molecule has 0 amide bonds. The van der Waals surface area contributed by atoms with E-state index in [-0.39, 0.29) is 17.7 Å². The monoisotopic (exact) mass is 348 g/mol. The van der Waals surface area contributed by atoms with E-state index in [4.69, 9.17) is 0 Å². The fourth-order valence-electron chi connectivity index (χ4n) is 2.22. The Morgan fingerprint density at radius 2 is 1.83 bits per heavy atom. The molecule has 0 aromatic heterocycles. The Labute approximate surface area is 138 Å². The summed E-state index contributed by atoms with van der Waals surface area (Å²) in [6.45, 7) is 3.97. The van der Waals surface area contributed by atoms with E-state index in [9.17, 15) is 27.2 Å². The van der Waals surface area contributed by atoms with E-state index in [2.05, 4.69) is 4.74 Å². The van der Waals surface area contributed by atoms with Crippen molar-refractivity contribution in [3.8, 4) is 0 Å². The van der Waals surface area contributed by atoms with Crippen LogP contribution in [0.2, 0.25) is 0 Å². The van der Waals surface area contributed by atoms with E-state index in [0.29, 0.717) is 0 Å². The number of esters is 1. The first-order valence-electron chi connectivity index (χ1n) is 7.52. The van der Waals surface area contributed by atoms with Crippen molar-refractivity contribution in [3.05, 3.63) is 35.1 Å². The summed E-state index contributed by atoms with van der Waals surface area (Å²) in [5, 5.41) is 0. The molecule has 1 unspecified atom stereocenters. The van der Waals surface area contributed by atoms with Gasteiger partial charge in [-0.25, -0.2) is 4.39 Å². The molecule has 1 aromatic carbocycles. The standard InChI is InChI=1S/C17H20F4O3/c1-4-24-15(23)7-8-16(3,17(19,20)21)10-14(22)12-5-6-13(18)11(2)9-12/h5-6,9H,4,7-8,10H2,1-3H3. The number of carbonyl (C=O) groups is 2. The summed E-state index contributed by atoms with van der Waals surface area (Å²) in [4.78, 5) is 23.5. The predicted octanol–water partition coefficient (Wildman–Crippen LogP) is 4.62. The molecule has 0 saturated heterocycles. The second kappa shape index (κ2) is 7.77. The molecule has 7 heteroatoms. The molecule has 0 bridgehead atoms. The van der Waals surface area contributed by atoms with Crippen LogP contribution in [0, 0.1) is 18.2 Å². The first-order chi connectivity index (χ1) is 11.0. The number of aryl methyl sites for hydroxylation is 1.